The van der Waals surface area contributed by atoms with Gasteiger partial charge in [-0.25, -0.2) is 0 Å². The van der Waals surface area contributed by atoms with Crippen LogP contribution in [0.15, 0.2) is 10.8 Å². The van der Waals surface area contributed by atoms with Gasteiger partial charge in [-0.1, -0.05) is 27.7 Å². The molecule has 1 aromatic heterocycles. The van der Waals surface area contributed by atoms with E-state index in [1.54, 1.807) is 0 Å². The van der Waals surface area contributed by atoms with Gasteiger partial charge in [0.15, 0.2) is 0 Å². The summed E-state index contributed by atoms with van der Waals surface area (Å²) in [6, 6.07) is 0.537. The Morgan fingerprint density at radius 2 is 2.00 bits per heavy atom. The van der Waals surface area contributed by atoms with Crippen LogP contribution < -0.4 is 5.32 Å². The second-order valence-corrected chi connectivity index (χ2v) is 6.46. The molecule has 0 aliphatic heterocycles. The maximum absolute atomic E-state index is 3.61. The van der Waals surface area contributed by atoms with Gasteiger partial charge in [0.2, 0.25) is 0 Å². The van der Waals surface area contributed by atoms with Crippen molar-refractivity contribution in [2.75, 3.05) is 6.54 Å². The fourth-order valence-electron chi connectivity index (χ4n) is 1.92. The lowest BCUT2D eigenvalue weighted by molar-refractivity contribution is 0.333. The van der Waals surface area contributed by atoms with Gasteiger partial charge < -0.3 is 5.32 Å². The molecule has 1 atom stereocenters. The van der Waals surface area contributed by atoms with E-state index < -0.39 is 0 Å². The Hall–Kier alpha value is -0.340. The highest BCUT2D eigenvalue weighted by Gasteiger charge is 2.17. The Bertz CT molecular complexity index is 309. The lowest BCUT2D eigenvalue weighted by Crippen LogP contribution is -2.22. The van der Waals surface area contributed by atoms with Gasteiger partial charge in [-0.05, 0) is 53.6 Å². The van der Waals surface area contributed by atoms with E-state index >= 15 is 0 Å². The van der Waals surface area contributed by atoms with Gasteiger partial charge in [0.05, 0.1) is 0 Å². The van der Waals surface area contributed by atoms with Crippen LogP contribution in [0.4, 0.5) is 0 Å². The lowest BCUT2D eigenvalue weighted by atomic mass is 9.87. The van der Waals surface area contributed by atoms with E-state index in [0.29, 0.717) is 11.5 Å². The molecule has 0 spiro atoms. The highest BCUT2D eigenvalue weighted by atomic mass is 32.1. The van der Waals surface area contributed by atoms with Crippen molar-refractivity contribution in [3.8, 4) is 0 Å². The molecule has 1 aromatic rings. The molecule has 92 valence electrons. The smallest absolute Gasteiger partial charge is 0.0331 e. The van der Waals surface area contributed by atoms with Gasteiger partial charge in [0.25, 0.3) is 0 Å². The van der Waals surface area contributed by atoms with Crippen LogP contribution in [0.25, 0.3) is 0 Å². The molecular weight excluding hydrogens is 214 g/mol. The van der Waals surface area contributed by atoms with Crippen LogP contribution >= 0.6 is 11.3 Å². The SMILES string of the molecule is CCNC(CCC(C)(C)C)c1cscc1C. The first-order valence-corrected chi connectivity index (χ1v) is 7.14. The molecular formula is C14H25NS. The predicted molar refractivity (Wildman–Crippen MR) is 74.2 cm³/mol. The Balaban J connectivity index is 2.65. The molecule has 1 heterocycles. The van der Waals surface area contributed by atoms with Gasteiger partial charge >= 0.3 is 0 Å². The first kappa shape index (κ1) is 13.7. The van der Waals surface area contributed by atoms with Gasteiger partial charge in [-0.3, -0.25) is 0 Å². The molecule has 0 aromatic carbocycles. The molecule has 0 radical (unpaired) electrons. The summed E-state index contributed by atoms with van der Waals surface area (Å²) in [7, 11) is 0. The highest BCUT2D eigenvalue weighted by Crippen LogP contribution is 2.30. The average Bonchev–Trinajstić information content (AvgIpc) is 2.57. The van der Waals surface area contributed by atoms with Crippen LogP contribution in [0.5, 0.6) is 0 Å². The Kier molecular flexibility index (Phi) is 5.00. The quantitative estimate of drug-likeness (QED) is 0.796. The summed E-state index contributed by atoms with van der Waals surface area (Å²) in [5.74, 6) is 0. The minimum Gasteiger partial charge on any atom is -0.310 e. The van der Waals surface area contributed by atoms with Crippen LogP contribution in [0, 0.1) is 12.3 Å². The summed E-state index contributed by atoms with van der Waals surface area (Å²) in [5.41, 5.74) is 3.36. The maximum Gasteiger partial charge on any atom is 0.0331 e. The molecule has 0 saturated heterocycles. The van der Waals surface area contributed by atoms with E-state index in [0.717, 1.165) is 6.54 Å². The summed E-state index contributed by atoms with van der Waals surface area (Å²) < 4.78 is 0. The van der Waals surface area contributed by atoms with Gasteiger partial charge in [-0.2, -0.15) is 11.3 Å². The Morgan fingerprint density at radius 3 is 2.44 bits per heavy atom. The van der Waals surface area contributed by atoms with E-state index in [1.165, 1.54) is 24.0 Å². The number of rotatable bonds is 5. The lowest BCUT2D eigenvalue weighted by Gasteiger charge is -2.24. The van der Waals surface area contributed by atoms with Crippen molar-refractivity contribution in [3.63, 3.8) is 0 Å². The van der Waals surface area contributed by atoms with Gasteiger partial charge in [0, 0.05) is 6.04 Å². The summed E-state index contributed by atoms with van der Waals surface area (Å²) in [5, 5.41) is 8.15. The van der Waals surface area contributed by atoms with Crippen molar-refractivity contribution in [2.45, 2.75) is 53.5 Å². The third kappa shape index (κ3) is 4.26. The summed E-state index contributed by atoms with van der Waals surface area (Å²) in [6.07, 6.45) is 2.49. The summed E-state index contributed by atoms with van der Waals surface area (Å²) in [4.78, 5) is 0. The second kappa shape index (κ2) is 5.83. The summed E-state index contributed by atoms with van der Waals surface area (Å²) >= 11 is 1.81. The molecule has 0 saturated carbocycles. The van der Waals surface area contributed by atoms with Gasteiger partial charge in [-0.15, -0.1) is 0 Å². The maximum atomic E-state index is 3.61. The number of hydrogen-bond donors (Lipinski definition) is 1. The molecule has 0 amide bonds. The minimum atomic E-state index is 0.428. The van der Waals surface area contributed by atoms with Crippen LogP contribution in [0.3, 0.4) is 0 Å². The zero-order valence-corrected chi connectivity index (χ0v) is 12.1. The molecule has 2 heteroatoms. The normalized spacial score (nSPS) is 14.1. The van der Waals surface area contributed by atoms with Crippen molar-refractivity contribution in [3.05, 3.63) is 21.9 Å². The average molecular weight is 239 g/mol. The van der Waals surface area contributed by atoms with Crippen molar-refractivity contribution >= 4 is 11.3 Å². The molecule has 0 fully saturated rings. The second-order valence-electron chi connectivity index (χ2n) is 5.72. The molecule has 1 nitrogen and oxygen atoms in total. The molecule has 0 bridgehead atoms. The van der Waals surface area contributed by atoms with Crippen molar-refractivity contribution in [1.82, 2.24) is 5.32 Å². The van der Waals surface area contributed by atoms with Crippen LogP contribution in [-0.2, 0) is 0 Å². The topological polar surface area (TPSA) is 12.0 Å². The Labute approximate surface area is 104 Å². The Morgan fingerprint density at radius 1 is 1.31 bits per heavy atom. The highest BCUT2D eigenvalue weighted by molar-refractivity contribution is 7.08. The molecule has 0 aliphatic carbocycles. The molecule has 1 N–H and O–H groups in total. The number of thiophene rings is 1. The van der Waals surface area contributed by atoms with E-state index in [9.17, 15) is 0 Å². The third-order valence-corrected chi connectivity index (χ3v) is 3.78. The first-order chi connectivity index (χ1) is 7.44. The van der Waals surface area contributed by atoms with E-state index in [-0.39, 0.29) is 0 Å². The zero-order valence-electron chi connectivity index (χ0n) is 11.3. The van der Waals surface area contributed by atoms with E-state index in [1.807, 2.05) is 11.3 Å². The van der Waals surface area contributed by atoms with Crippen molar-refractivity contribution in [2.24, 2.45) is 5.41 Å². The van der Waals surface area contributed by atoms with E-state index in [4.69, 9.17) is 0 Å². The van der Waals surface area contributed by atoms with Crippen molar-refractivity contribution < 1.29 is 0 Å². The molecule has 16 heavy (non-hydrogen) atoms. The van der Waals surface area contributed by atoms with Crippen molar-refractivity contribution in [1.29, 1.82) is 0 Å². The fourth-order valence-corrected chi connectivity index (χ4v) is 2.82. The van der Waals surface area contributed by atoms with Gasteiger partial charge in [0.1, 0.15) is 0 Å². The van der Waals surface area contributed by atoms with Crippen LogP contribution in [0.1, 0.15) is 57.7 Å². The monoisotopic (exact) mass is 239 g/mol. The molecule has 1 rings (SSSR count). The number of hydrogen-bond acceptors (Lipinski definition) is 2. The predicted octanol–water partition coefficient (Wildman–Crippen LogP) is 4.53. The number of aryl methyl sites for hydroxylation is 1. The van der Waals surface area contributed by atoms with Crippen LogP contribution in [-0.4, -0.2) is 6.54 Å². The molecule has 1 unspecified atom stereocenters. The largest absolute Gasteiger partial charge is 0.310 e. The standard InChI is InChI=1S/C14H25NS/c1-6-15-13(7-8-14(3,4)5)12-10-16-9-11(12)2/h9-10,13,15H,6-8H2,1-5H3. The fraction of sp³-hybridized carbons (Fsp3) is 0.714. The van der Waals surface area contributed by atoms with E-state index in [2.05, 4.69) is 50.7 Å². The number of nitrogens with one attached hydrogen (secondary N) is 1. The first-order valence-electron chi connectivity index (χ1n) is 6.20. The molecule has 0 aliphatic rings. The van der Waals surface area contributed by atoms with Crippen LogP contribution in [0.2, 0.25) is 0 Å². The minimum absolute atomic E-state index is 0.428. The third-order valence-electron chi connectivity index (χ3n) is 2.90. The zero-order chi connectivity index (χ0) is 12.2. The summed E-state index contributed by atoms with van der Waals surface area (Å²) in [6.45, 7) is 12.4.